The molecule has 2 rings (SSSR count). The van der Waals surface area contributed by atoms with Crippen LogP contribution in [-0.4, -0.2) is 15.0 Å². The van der Waals surface area contributed by atoms with Crippen LogP contribution in [0.15, 0.2) is 10.7 Å². The van der Waals surface area contributed by atoms with Gasteiger partial charge in [-0.2, -0.15) is 4.98 Å². The summed E-state index contributed by atoms with van der Waals surface area (Å²) in [6.45, 7) is 1.99. The molecule has 0 saturated heterocycles. The predicted octanol–water partition coefficient (Wildman–Crippen LogP) is 1.11. The van der Waals surface area contributed by atoms with Crippen molar-refractivity contribution in [3.63, 3.8) is 0 Å². The summed E-state index contributed by atoms with van der Waals surface area (Å²) in [5, 5.41) is 0. The fourth-order valence-corrected chi connectivity index (χ4v) is 0.840. The predicted molar refractivity (Wildman–Crippen MR) is 35.5 cm³/mol. The summed E-state index contributed by atoms with van der Waals surface area (Å²) >= 11 is 0. The van der Waals surface area contributed by atoms with E-state index in [1.807, 2.05) is 6.92 Å². The van der Waals surface area contributed by atoms with Gasteiger partial charge in [0.15, 0.2) is 11.5 Å². The van der Waals surface area contributed by atoms with Crippen molar-refractivity contribution in [1.82, 2.24) is 15.0 Å². The maximum Gasteiger partial charge on any atom is 0.265 e. The normalized spacial score (nSPS) is 10.9. The Balaban J connectivity index is 2.67. The molecule has 0 bridgehead atoms. The van der Waals surface area contributed by atoms with Gasteiger partial charge in [0.05, 0.1) is 6.33 Å². The van der Waals surface area contributed by atoms with E-state index in [0.717, 1.165) is 18.0 Å². The monoisotopic (exact) mass is 137 g/mol. The number of hydrogen-bond donors (Lipinski definition) is 1. The van der Waals surface area contributed by atoms with Crippen LogP contribution in [0.5, 0.6) is 0 Å². The minimum atomic E-state index is 0.594. The third-order valence-corrected chi connectivity index (χ3v) is 1.34. The lowest BCUT2D eigenvalue weighted by Gasteiger charge is -1.79. The fourth-order valence-electron chi connectivity index (χ4n) is 0.840. The lowest BCUT2D eigenvalue weighted by molar-refractivity contribution is 0.529. The Labute approximate surface area is 57.3 Å². The molecule has 0 aliphatic carbocycles. The van der Waals surface area contributed by atoms with E-state index in [4.69, 9.17) is 4.42 Å². The molecule has 2 heterocycles. The lowest BCUT2D eigenvalue weighted by Crippen LogP contribution is -1.76. The van der Waals surface area contributed by atoms with Gasteiger partial charge in [-0.25, -0.2) is 4.98 Å². The van der Waals surface area contributed by atoms with Crippen LogP contribution in [0.1, 0.15) is 12.8 Å². The lowest BCUT2D eigenvalue weighted by atomic mass is 10.5. The van der Waals surface area contributed by atoms with Crippen molar-refractivity contribution in [3.05, 3.63) is 12.2 Å². The molecule has 0 aromatic carbocycles. The third-order valence-electron chi connectivity index (χ3n) is 1.34. The minimum Gasteiger partial charge on any atom is -0.421 e. The van der Waals surface area contributed by atoms with E-state index in [9.17, 15) is 0 Å². The molecule has 0 aliphatic heterocycles. The van der Waals surface area contributed by atoms with Crippen LogP contribution in [0.25, 0.3) is 11.4 Å². The van der Waals surface area contributed by atoms with Crippen molar-refractivity contribution in [2.24, 2.45) is 0 Å². The molecule has 1 N–H and O–H groups in total. The van der Waals surface area contributed by atoms with Crippen LogP contribution in [0.3, 0.4) is 0 Å². The van der Waals surface area contributed by atoms with E-state index >= 15 is 0 Å². The molecular weight excluding hydrogens is 130 g/mol. The highest BCUT2D eigenvalue weighted by Gasteiger charge is 2.03. The number of aromatic nitrogens is 3. The number of rotatable bonds is 1. The number of fused-ring (bicyclic) bond motifs is 1. The largest absolute Gasteiger partial charge is 0.421 e. The molecule has 0 saturated carbocycles. The highest BCUT2D eigenvalue weighted by Crippen LogP contribution is 2.09. The van der Waals surface area contributed by atoms with Crippen molar-refractivity contribution in [2.45, 2.75) is 13.3 Å². The molecule has 10 heavy (non-hydrogen) atoms. The van der Waals surface area contributed by atoms with Gasteiger partial charge < -0.3 is 9.40 Å². The molecular formula is C6H7N3O. The second kappa shape index (κ2) is 1.83. The summed E-state index contributed by atoms with van der Waals surface area (Å²) in [5.74, 6) is 0.731. The number of nitrogens with one attached hydrogen (secondary N) is 1. The summed E-state index contributed by atoms with van der Waals surface area (Å²) in [7, 11) is 0. The second-order valence-electron chi connectivity index (χ2n) is 2.02. The first-order valence-electron chi connectivity index (χ1n) is 3.19. The van der Waals surface area contributed by atoms with Crippen LogP contribution in [0.2, 0.25) is 0 Å². The molecule has 0 unspecified atom stereocenters. The molecule has 0 atom stereocenters. The van der Waals surface area contributed by atoms with Crippen molar-refractivity contribution in [1.29, 1.82) is 0 Å². The molecule has 0 spiro atoms. The van der Waals surface area contributed by atoms with Gasteiger partial charge in [-0.3, -0.25) is 0 Å². The molecule has 0 amide bonds. The average Bonchev–Trinajstić information content (AvgIpc) is 2.42. The molecule has 2 aromatic rings. The third kappa shape index (κ3) is 0.618. The summed E-state index contributed by atoms with van der Waals surface area (Å²) in [5.41, 5.74) is 1.33. The maximum atomic E-state index is 5.20. The van der Waals surface area contributed by atoms with Crippen LogP contribution in [0, 0.1) is 0 Å². The quantitative estimate of drug-likeness (QED) is 0.640. The van der Waals surface area contributed by atoms with E-state index in [0.29, 0.717) is 5.71 Å². The molecule has 0 radical (unpaired) electrons. The summed E-state index contributed by atoms with van der Waals surface area (Å²) in [6.07, 6.45) is 2.38. The van der Waals surface area contributed by atoms with Gasteiger partial charge in [0.1, 0.15) is 0 Å². The van der Waals surface area contributed by atoms with Crippen LogP contribution in [0.4, 0.5) is 0 Å². The van der Waals surface area contributed by atoms with E-state index < -0.39 is 0 Å². The molecule has 4 nitrogen and oxygen atoms in total. The Kier molecular flexibility index (Phi) is 1.00. The van der Waals surface area contributed by atoms with E-state index in [1.54, 1.807) is 6.33 Å². The highest BCUT2D eigenvalue weighted by molar-refractivity contribution is 5.62. The number of aromatic amines is 1. The van der Waals surface area contributed by atoms with Crippen molar-refractivity contribution in [3.8, 4) is 0 Å². The van der Waals surface area contributed by atoms with Gasteiger partial charge in [-0.15, -0.1) is 0 Å². The standard InChI is InChI=1S/C6H7N3O/c1-2-4-9-5-6(10-4)8-3-7-5/h3H,2H2,1H3,(H,7,8). The first-order valence-corrected chi connectivity index (χ1v) is 3.19. The van der Waals surface area contributed by atoms with Crippen LogP contribution < -0.4 is 0 Å². The molecule has 2 aromatic heterocycles. The summed E-state index contributed by atoms with van der Waals surface area (Å²) < 4.78 is 5.20. The summed E-state index contributed by atoms with van der Waals surface area (Å²) in [6, 6.07) is 0. The maximum absolute atomic E-state index is 5.20. The Morgan fingerprint density at radius 1 is 1.70 bits per heavy atom. The first-order chi connectivity index (χ1) is 4.90. The number of nitrogens with zero attached hydrogens (tertiary/aromatic N) is 2. The van der Waals surface area contributed by atoms with E-state index in [-0.39, 0.29) is 0 Å². The Bertz CT molecular complexity index is 307. The number of imidazole rings is 1. The average molecular weight is 137 g/mol. The van der Waals surface area contributed by atoms with E-state index in [1.165, 1.54) is 0 Å². The highest BCUT2D eigenvalue weighted by atomic mass is 16.4. The summed E-state index contributed by atoms with van der Waals surface area (Å²) in [4.78, 5) is 10.9. The van der Waals surface area contributed by atoms with E-state index in [2.05, 4.69) is 15.0 Å². The Morgan fingerprint density at radius 2 is 2.60 bits per heavy atom. The molecule has 0 fully saturated rings. The zero-order valence-electron chi connectivity index (χ0n) is 5.59. The minimum absolute atomic E-state index is 0.594. The molecule has 52 valence electrons. The fraction of sp³-hybridized carbons (Fsp3) is 0.333. The number of aryl methyl sites for hydroxylation is 1. The van der Waals surface area contributed by atoms with Crippen molar-refractivity contribution >= 4 is 11.4 Å². The number of H-pyrrole nitrogens is 1. The SMILES string of the molecule is CCc1nc2[nH]cnc2o1. The smallest absolute Gasteiger partial charge is 0.265 e. The van der Waals surface area contributed by atoms with Gasteiger partial charge >= 0.3 is 0 Å². The van der Waals surface area contributed by atoms with Crippen LogP contribution >= 0.6 is 0 Å². The first kappa shape index (κ1) is 5.46. The zero-order valence-corrected chi connectivity index (χ0v) is 5.59. The van der Waals surface area contributed by atoms with Crippen molar-refractivity contribution in [2.75, 3.05) is 0 Å². The Hall–Kier alpha value is -1.32. The van der Waals surface area contributed by atoms with Gasteiger partial charge in [-0.1, -0.05) is 6.92 Å². The molecule has 0 aliphatic rings. The van der Waals surface area contributed by atoms with Crippen molar-refractivity contribution < 1.29 is 4.42 Å². The van der Waals surface area contributed by atoms with Crippen LogP contribution in [-0.2, 0) is 6.42 Å². The van der Waals surface area contributed by atoms with Gasteiger partial charge in [-0.05, 0) is 0 Å². The van der Waals surface area contributed by atoms with Gasteiger partial charge in [0.25, 0.3) is 5.71 Å². The van der Waals surface area contributed by atoms with Gasteiger partial charge in [0, 0.05) is 6.42 Å². The van der Waals surface area contributed by atoms with Gasteiger partial charge in [0.2, 0.25) is 0 Å². The second-order valence-corrected chi connectivity index (χ2v) is 2.02. The zero-order chi connectivity index (χ0) is 6.97. The number of oxazole rings is 1. The molecule has 4 heteroatoms. The topological polar surface area (TPSA) is 54.7 Å². The number of hydrogen-bond acceptors (Lipinski definition) is 3. The Morgan fingerprint density at radius 3 is 3.30 bits per heavy atom.